The summed E-state index contributed by atoms with van der Waals surface area (Å²) < 4.78 is 20.5. The molecule has 0 aromatic heterocycles. The highest BCUT2D eigenvalue weighted by molar-refractivity contribution is 7.99. The van der Waals surface area contributed by atoms with Gasteiger partial charge in [0, 0.05) is 49.0 Å². The molecule has 2 aromatic carbocycles. The topological polar surface area (TPSA) is 58.6 Å². The highest BCUT2D eigenvalue weighted by Crippen LogP contribution is 2.38. The Morgan fingerprint density at radius 1 is 1.11 bits per heavy atom. The zero-order chi connectivity index (χ0) is 25.2. The number of amides is 1. The molecular formula is C28H35BrFN3O3S. The van der Waals surface area contributed by atoms with Crippen LogP contribution in [0.4, 0.5) is 10.1 Å². The molecule has 1 amide bonds. The lowest BCUT2D eigenvalue weighted by Gasteiger charge is -2.52. The molecule has 9 heteroatoms. The van der Waals surface area contributed by atoms with Crippen LogP contribution in [0, 0.1) is 11.7 Å². The fraction of sp³-hybridized carbons (Fsp3) is 0.500. The van der Waals surface area contributed by atoms with Gasteiger partial charge in [0.1, 0.15) is 17.9 Å². The number of piperidine rings is 3. The second-order valence-electron chi connectivity index (χ2n) is 10.5. The molecule has 0 spiro atoms. The van der Waals surface area contributed by atoms with Crippen molar-refractivity contribution in [2.45, 2.75) is 31.4 Å². The zero-order valence-corrected chi connectivity index (χ0v) is 23.6. The summed E-state index contributed by atoms with van der Waals surface area (Å²) in [6, 6.07) is 15.9. The number of quaternary nitrogens is 1. The first-order valence-corrected chi connectivity index (χ1v) is 14.0. The first-order chi connectivity index (χ1) is 17.4. The second-order valence-corrected chi connectivity index (χ2v) is 11.7. The molecule has 1 N–H and O–H groups in total. The standard InChI is InChI=1S/C28H34FN3O3S.BrH/c1-28(22-6-3-2-4-7-22,31-12-16-36-17-13-31)27(34)35-25-19-32(14-10-21(25)11-15-32)20-26(33)30-24-9-5-8-23(29)18-24;/h2-9,18,21,25H,10-17,19-20H2,1H3;1H/t21?,25-,28?,32?;/m0./s1. The van der Waals surface area contributed by atoms with Gasteiger partial charge in [-0.05, 0) is 30.7 Å². The Labute approximate surface area is 233 Å². The van der Waals surface area contributed by atoms with Crippen LogP contribution in [0.5, 0.6) is 0 Å². The molecule has 2 bridgehead atoms. The van der Waals surface area contributed by atoms with Crippen molar-refractivity contribution in [1.82, 2.24) is 4.90 Å². The van der Waals surface area contributed by atoms with Crippen LogP contribution < -0.4 is 22.3 Å². The third kappa shape index (κ3) is 6.05. The Balaban J connectivity index is 0.00000320. The number of nitrogens with one attached hydrogen (secondary N) is 1. The maximum atomic E-state index is 13.9. The molecule has 4 fully saturated rings. The summed E-state index contributed by atoms with van der Waals surface area (Å²) in [5.74, 6) is 1.63. The van der Waals surface area contributed by atoms with E-state index in [2.05, 4.69) is 10.2 Å². The third-order valence-electron chi connectivity index (χ3n) is 8.26. The van der Waals surface area contributed by atoms with Gasteiger partial charge in [-0.3, -0.25) is 9.69 Å². The zero-order valence-electron chi connectivity index (χ0n) is 21.2. The Kier molecular flexibility index (Phi) is 8.99. The normalized spacial score (nSPS) is 27.0. The Morgan fingerprint density at radius 2 is 1.81 bits per heavy atom. The maximum Gasteiger partial charge on any atom is 0.331 e. The molecule has 200 valence electrons. The fourth-order valence-electron chi connectivity index (χ4n) is 6.10. The minimum Gasteiger partial charge on any atom is -1.00 e. The van der Waals surface area contributed by atoms with Gasteiger partial charge < -0.3 is 31.5 Å². The number of benzene rings is 2. The molecule has 4 aliphatic rings. The van der Waals surface area contributed by atoms with E-state index in [1.807, 2.05) is 49.0 Å². The van der Waals surface area contributed by atoms with Gasteiger partial charge in [0.2, 0.25) is 0 Å². The van der Waals surface area contributed by atoms with E-state index >= 15 is 0 Å². The number of rotatable bonds is 7. The third-order valence-corrected chi connectivity index (χ3v) is 9.21. The second kappa shape index (κ2) is 11.8. The lowest BCUT2D eigenvalue weighted by atomic mass is 9.82. The summed E-state index contributed by atoms with van der Waals surface area (Å²) in [7, 11) is 0. The van der Waals surface area contributed by atoms with Gasteiger partial charge in [0.15, 0.2) is 12.6 Å². The molecule has 4 heterocycles. The summed E-state index contributed by atoms with van der Waals surface area (Å²) in [5.41, 5.74) is 0.585. The molecule has 4 saturated heterocycles. The van der Waals surface area contributed by atoms with Crippen molar-refractivity contribution in [3.63, 3.8) is 0 Å². The Hall–Kier alpha value is -1.94. The predicted octanol–water partition coefficient (Wildman–Crippen LogP) is 0.885. The Morgan fingerprint density at radius 3 is 2.49 bits per heavy atom. The smallest absolute Gasteiger partial charge is 0.331 e. The van der Waals surface area contributed by atoms with Gasteiger partial charge in [-0.15, -0.1) is 0 Å². The average Bonchev–Trinajstić information content (AvgIpc) is 2.89. The molecule has 37 heavy (non-hydrogen) atoms. The minimum atomic E-state index is -0.839. The van der Waals surface area contributed by atoms with Crippen LogP contribution in [0.1, 0.15) is 25.3 Å². The molecule has 2 aromatic rings. The molecule has 0 saturated carbocycles. The maximum absolute atomic E-state index is 13.9. The number of anilines is 1. The van der Waals surface area contributed by atoms with E-state index in [-0.39, 0.29) is 40.8 Å². The number of halogens is 2. The van der Waals surface area contributed by atoms with Gasteiger partial charge in [0.25, 0.3) is 5.91 Å². The number of esters is 1. The number of ether oxygens (including phenoxy) is 1. The highest BCUT2D eigenvalue weighted by Gasteiger charge is 2.51. The van der Waals surface area contributed by atoms with Gasteiger partial charge >= 0.3 is 5.97 Å². The monoisotopic (exact) mass is 591 g/mol. The molecule has 1 unspecified atom stereocenters. The number of hydrogen-bond donors (Lipinski definition) is 1. The van der Waals surface area contributed by atoms with Crippen molar-refractivity contribution in [2.75, 3.05) is 56.1 Å². The summed E-state index contributed by atoms with van der Waals surface area (Å²) in [6.45, 7) is 6.44. The van der Waals surface area contributed by atoms with E-state index in [0.29, 0.717) is 29.2 Å². The van der Waals surface area contributed by atoms with E-state index in [1.165, 1.54) is 12.1 Å². The first-order valence-electron chi connectivity index (χ1n) is 12.9. The summed E-state index contributed by atoms with van der Waals surface area (Å²) in [5, 5.41) is 2.84. The molecule has 2 atom stereocenters. The van der Waals surface area contributed by atoms with Crippen LogP contribution in [0.3, 0.4) is 0 Å². The van der Waals surface area contributed by atoms with Crippen LogP contribution >= 0.6 is 11.8 Å². The minimum absolute atomic E-state index is 0. The quantitative estimate of drug-likeness (QED) is 0.383. The molecule has 6 nitrogen and oxygen atoms in total. The molecule has 6 rings (SSSR count). The lowest BCUT2D eigenvalue weighted by molar-refractivity contribution is -0.939. The summed E-state index contributed by atoms with van der Waals surface area (Å²) in [4.78, 5) is 29.1. The number of thioether (sulfide) groups is 1. The van der Waals surface area contributed by atoms with Crippen LogP contribution in [-0.2, 0) is 19.9 Å². The number of hydrogen-bond acceptors (Lipinski definition) is 5. The molecule has 0 radical (unpaired) electrons. The number of carbonyl (C=O) groups is 2. The number of nitrogens with zero attached hydrogens (tertiary/aromatic N) is 2. The largest absolute Gasteiger partial charge is 1.00 e. The van der Waals surface area contributed by atoms with E-state index in [4.69, 9.17) is 4.74 Å². The summed E-state index contributed by atoms with van der Waals surface area (Å²) in [6.07, 6.45) is 1.67. The van der Waals surface area contributed by atoms with Gasteiger partial charge in [-0.2, -0.15) is 11.8 Å². The van der Waals surface area contributed by atoms with Crippen molar-refractivity contribution >= 4 is 29.3 Å². The van der Waals surface area contributed by atoms with Gasteiger partial charge in [-0.25, -0.2) is 9.18 Å². The number of fused-ring (bicyclic) bond motifs is 3. The van der Waals surface area contributed by atoms with E-state index in [1.54, 1.807) is 12.1 Å². The summed E-state index contributed by atoms with van der Waals surface area (Å²) >= 11 is 1.92. The molecular weight excluding hydrogens is 557 g/mol. The van der Waals surface area contributed by atoms with Crippen molar-refractivity contribution in [3.05, 3.63) is 66.0 Å². The van der Waals surface area contributed by atoms with Crippen LogP contribution in [0.15, 0.2) is 54.6 Å². The van der Waals surface area contributed by atoms with E-state index in [9.17, 15) is 14.0 Å². The Bertz CT molecular complexity index is 1090. The predicted molar refractivity (Wildman–Crippen MR) is 140 cm³/mol. The van der Waals surface area contributed by atoms with Gasteiger partial charge in [-0.1, -0.05) is 36.4 Å². The highest BCUT2D eigenvalue weighted by atomic mass is 79.9. The van der Waals surface area contributed by atoms with Crippen LogP contribution in [0.2, 0.25) is 0 Å². The molecule has 4 aliphatic heterocycles. The van der Waals surface area contributed by atoms with Crippen molar-refractivity contribution in [1.29, 1.82) is 0 Å². The van der Waals surface area contributed by atoms with Crippen LogP contribution in [0.25, 0.3) is 0 Å². The van der Waals surface area contributed by atoms with E-state index in [0.717, 1.165) is 56.1 Å². The van der Waals surface area contributed by atoms with Crippen LogP contribution in [-0.4, -0.2) is 78.1 Å². The van der Waals surface area contributed by atoms with Crippen molar-refractivity contribution in [3.8, 4) is 0 Å². The van der Waals surface area contributed by atoms with E-state index < -0.39 is 5.54 Å². The average molecular weight is 593 g/mol. The van der Waals surface area contributed by atoms with Gasteiger partial charge in [0.05, 0.1) is 13.1 Å². The van der Waals surface area contributed by atoms with Crippen molar-refractivity contribution < 1.29 is 40.2 Å². The molecule has 0 aliphatic carbocycles. The van der Waals surface area contributed by atoms with Crippen molar-refractivity contribution in [2.24, 2.45) is 5.92 Å². The number of carbonyl (C=O) groups excluding carboxylic acids is 2. The SMILES string of the molecule is CC(C(=O)O[C@H]1C[N+]2(CC(=O)Nc3cccc(F)c3)CCC1CC2)(c1ccccc1)N1CCSCC1.[Br-]. The first kappa shape index (κ1) is 28.1. The fourth-order valence-corrected chi connectivity index (χ4v) is 7.01. The lowest BCUT2D eigenvalue weighted by Crippen LogP contribution is -3.00.